The fraction of sp³-hybridized carbons (Fsp3) is 0.222. The number of H-pyrrole nitrogens is 1. The maximum Gasteiger partial charge on any atom is 0.420 e. The first-order valence-electron chi connectivity index (χ1n) is 4.10. The van der Waals surface area contributed by atoms with E-state index in [9.17, 15) is 13.2 Å². The van der Waals surface area contributed by atoms with Gasteiger partial charge in [0.2, 0.25) is 0 Å². The quantitative estimate of drug-likeness (QED) is 0.795. The maximum absolute atomic E-state index is 12.6. The Morgan fingerprint density at radius 3 is 2.67 bits per heavy atom. The van der Waals surface area contributed by atoms with Crippen molar-refractivity contribution in [1.29, 1.82) is 0 Å². The minimum atomic E-state index is -4.43. The molecule has 0 aliphatic rings. The molecule has 0 amide bonds. The Balaban J connectivity index is 2.70. The highest BCUT2D eigenvalue weighted by Crippen LogP contribution is 2.37. The van der Waals surface area contributed by atoms with Gasteiger partial charge in [0.1, 0.15) is 5.75 Å². The highest BCUT2D eigenvalue weighted by atomic mass is 19.4. The van der Waals surface area contributed by atoms with Crippen molar-refractivity contribution >= 4 is 11.0 Å². The summed E-state index contributed by atoms with van der Waals surface area (Å²) in [6, 6.07) is 2.25. The van der Waals surface area contributed by atoms with Crippen LogP contribution in [0.4, 0.5) is 13.2 Å². The van der Waals surface area contributed by atoms with E-state index < -0.39 is 11.7 Å². The Kier molecular flexibility index (Phi) is 2.06. The molecule has 1 aromatic carbocycles. The predicted molar refractivity (Wildman–Crippen MR) is 47.6 cm³/mol. The number of ether oxygens (including phenoxy) is 1. The minimum absolute atomic E-state index is 0.220. The van der Waals surface area contributed by atoms with E-state index in [1.54, 1.807) is 0 Å². The number of rotatable bonds is 1. The molecule has 0 unspecified atom stereocenters. The van der Waals surface area contributed by atoms with Gasteiger partial charge < -0.3 is 9.72 Å². The van der Waals surface area contributed by atoms with Crippen LogP contribution in [0.3, 0.4) is 0 Å². The van der Waals surface area contributed by atoms with Crippen LogP contribution in [0.2, 0.25) is 0 Å². The number of aromatic amines is 1. The van der Waals surface area contributed by atoms with Crippen LogP contribution in [-0.2, 0) is 6.18 Å². The molecular formula is C9H7F3N2O. The molecule has 0 spiro atoms. The lowest BCUT2D eigenvalue weighted by Gasteiger charge is -2.11. The maximum atomic E-state index is 12.6. The van der Waals surface area contributed by atoms with Crippen LogP contribution < -0.4 is 4.74 Å². The Morgan fingerprint density at radius 2 is 2.07 bits per heavy atom. The molecule has 0 atom stereocenters. The summed E-state index contributed by atoms with van der Waals surface area (Å²) in [6.07, 6.45) is -3.09. The van der Waals surface area contributed by atoms with Gasteiger partial charge in [-0.2, -0.15) is 13.2 Å². The number of hydrogen-bond donors (Lipinski definition) is 1. The number of methoxy groups -OCH3 is 1. The van der Waals surface area contributed by atoms with Crippen LogP contribution in [0.15, 0.2) is 18.5 Å². The third kappa shape index (κ3) is 1.62. The average Bonchev–Trinajstić information content (AvgIpc) is 2.60. The third-order valence-electron chi connectivity index (χ3n) is 2.05. The Hall–Kier alpha value is -1.72. The first-order chi connectivity index (χ1) is 7.02. The zero-order valence-corrected chi connectivity index (χ0v) is 7.72. The van der Waals surface area contributed by atoms with Gasteiger partial charge in [-0.1, -0.05) is 0 Å². The van der Waals surface area contributed by atoms with Crippen LogP contribution in [0, 0.1) is 0 Å². The molecule has 1 aromatic heterocycles. The molecule has 0 fully saturated rings. The zero-order valence-electron chi connectivity index (χ0n) is 7.72. The van der Waals surface area contributed by atoms with E-state index in [1.807, 2.05) is 0 Å². The zero-order chi connectivity index (χ0) is 11.1. The summed E-state index contributed by atoms with van der Waals surface area (Å²) in [5.41, 5.74) is -0.0234. The molecule has 0 saturated heterocycles. The Morgan fingerprint density at radius 1 is 1.33 bits per heavy atom. The second-order valence-corrected chi connectivity index (χ2v) is 2.97. The summed E-state index contributed by atoms with van der Waals surface area (Å²) in [6.45, 7) is 0. The van der Waals surface area contributed by atoms with E-state index in [4.69, 9.17) is 0 Å². The molecule has 2 aromatic rings. The summed E-state index contributed by atoms with van der Waals surface area (Å²) in [7, 11) is 1.20. The number of hydrogen-bond acceptors (Lipinski definition) is 2. The highest BCUT2D eigenvalue weighted by Gasteiger charge is 2.34. The van der Waals surface area contributed by atoms with E-state index >= 15 is 0 Å². The normalized spacial score (nSPS) is 12.0. The van der Waals surface area contributed by atoms with Crippen molar-refractivity contribution < 1.29 is 17.9 Å². The topological polar surface area (TPSA) is 37.9 Å². The Labute approximate surface area is 82.9 Å². The van der Waals surface area contributed by atoms with Gasteiger partial charge in [-0.3, -0.25) is 0 Å². The summed E-state index contributed by atoms with van der Waals surface area (Å²) in [5.74, 6) is -0.220. The summed E-state index contributed by atoms with van der Waals surface area (Å²) in [5, 5.41) is 0. The van der Waals surface area contributed by atoms with Gasteiger partial charge in [-0.15, -0.1) is 0 Å². The van der Waals surface area contributed by atoms with Gasteiger partial charge in [0.25, 0.3) is 0 Å². The van der Waals surface area contributed by atoms with Gasteiger partial charge >= 0.3 is 6.18 Å². The lowest BCUT2D eigenvalue weighted by Crippen LogP contribution is -2.07. The minimum Gasteiger partial charge on any atom is -0.496 e. The van der Waals surface area contributed by atoms with Crippen molar-refractivity contribution in [2.75, 3.05) is 7.11 Å². The standard InChI is InChI=1S/C9H7F3N2O/c1-15-8-3-7-6(13-4-14-7)2-5(8)9(10,11)12/h2-4H,1H3,(H,13,14). The van der Waals surface area contributed by atoms with Crippen molar-refractivity contribution in [1.82, 2.24) is 9.97 Å². The van der Waals surface area contributed by atoms with Gasteiger partial charge in [0.05, 0.1) is 30.0 Å². The van der Waals surface area contributed by atoms with E-state index in [0.717, 1.165) is 6.07 Å². The monoisotopic (exact) mass is 216 g/mol. The van der Waals surface area contributed by atoms with E-state index in [1.165, 1.54) is 19.5 Å². The van der Waals surface area contributed by atoms with Crippen LogP contribution >= 0.6 is 0 Å². The first-order valence-corrected chi connectivity index (χ1v) is 4.10. The van der Waals surface area contributed by atoms with Crippen molar-refractivity contribution in [2.24, 2.45) is 0 Å². The van der Waals surface area contributed by atoms with E-state index in [0.29, 0.717) is 11.0 Å². The number of nitrogens with one attached hydrogen (secondary N) is 1. The second-order valence-electron chi connectivity index (χ2n) is 2.97. The van der Waals surface area contributed by atoms with E-state index in [2.05, 4.69) is 14.7 Å². The lowest BCUT2D eigenvalue weighted by atomic mass is 10.1. The number of aromatic nitrogens is 2. The molecule has 1 heterocycles. The predicted octanol–water partition coefficient (Wildman–Crippen LogP) is 2.59. The highest BCUT2D eigenvalue weighted by molar-refractivity contribution is 5.78. The van der Waals surface area contributed by atoms with E-state index in [-0.39, 0.29) is 5.75 Å². The molecule has 0 saturated carbocycles. The SMILES string of the molecule is COc1cc2nc[nH]c2cc1C(F)(F)F. The number of benzene rings is 1. The molecule has 80 valence electrons. The van der Waals surface area contributed by atoms with Crippen LogP contribution in [0.5, 0.6) is 5.75 Å². The molecule has 0 aliphatic heterocycles. The molecule has 3 nitrogen and oxygen atoms in total. The molecule has 0 radical (unpaired) electrons. The number of nitrogens with zero attached hydrogens (tertiary/aromatic N) is 1. The van der Waals surface area contributed by atoms with Gasteiger partial charge in [-0.25, -0.2) is 4.98 Å². The molecule has 2 rings (SSSR count). The first kappa shape index (κ1) is 9.82. The fourth-order valence-electron chi connectivity index (χ4n) is 1.35. The average molecular weight is 216 g/mol. The number of halogens is 3. The Bertz CT molecular complexity index is 490. The van der Waals surface area contributed by atoms with Crippen molar-refractivity contribution in [3.63, 3.8) is 0 Å². The van der Waals surface area contributed by atoms with Gasteiger partial charge in [0, 0.05) is 6.07 Å². The van der Waals surface area contributed by atoms with Crippen molar-refractivity contribution in [2.45, 2.75) is 6.18 Å². The second kappa shape index (κ2) is 3.15. The summed E-state index contributed by atoms with van der Waals surface area (Å²) in [4.78, 5) is 6.46. The largest absolute Gasteiger partial charge is 0.496 e. The van der Waals surface area contributed by atoms with Crippen molar-refractivity contribution in [3.8, 4) is 5.75 Å². The number of imidazole rings is 1. The number of fused-ring (bicyclic) bond motifs is 1. The smallest absolute Gasteiger partial charge is 0.420 e. The molecule has 15 heavy (non-hydrogen) atoms. The molecule has 0 bridgehead atoms. The van der Waals surface area contributed by atoms with Crippen LogP contribution in [0.1, 0.15) is 5.56 Å². The molecule has 1 N–H and O–H groups in total. The molecule has 0 aliphatic carbocycles. The van der Waals surface area contributed by atoms with Gasteiger partial charge in [0.15, 0.2) is 0 Å². The lowest BCUT2D eigenvalue weighted by molar-refractivity contribution is -0.138. The summed E-state index contributed by atoms with van der Waals surface area (Å²) >= 11 is 0. The molecular weight excluding hydrogens is 209 g/mol. The number of alkyl halides is 3. The summed E-state index contributed by atoms with van der Waals surface area (Å²) < 4.78 is 42.3. The fourth-order valence-corrected chi connectivity index (χ4v) is 1.35. The molecule has 6 heteroatoms. The van der Waals surface area contributed by atoms with Crippen LogP contribution in [-0.4, -0.2) is 17.1 Å². The van der Waals surface area contributed by atoms with Crippen molar-refractivity contribution in [3.05, 3.63) is 24.0 Å². The van der Waals surface area contributed by atoms with Gasteiger partial charge in [-0.05, 0) is 6.07 Å². The van der Waals surface area contributed by atoms with Crippen LogP contribution in [0.25, 0.3) is 11.0 Å². The third-order valence-corrected chi connectivity index (χ3v) is 2.05.